The summed E-state index contributed by atoms with van der Waals surface area (Å²) in [6.07, 6.45) is 3.43. The van der Waals surface area contributed by atoms with Crippen LogP contribution in [0.3, 0.4) is 0 Å². The fourth-order valence-corrected chi connectivity index (χ4v) is 3.12. The van der Waals surface area contributed by atoms with Gasteiger partial charge in [-0.2, -0.15) is 0 Å². The molecule has 1 heterocycles. The lowest BCUT2D eigenvalue weighted by Gasteiger charge is -2.28. The highest BCUT2D eigenvalue weighted by Crippen LogP contribution is 2.29. The molecule has 0 radical (unpaired) electrons. The summed E-state index contributed by atoms with van der Waals surface area (Å²) in [5.74, 6) is 0. The Morgan fingerprint density at radius 3 is 2.67 bits per heavy atom. The van der Waals surface area contributed by atoms with E-state index in [-0.39, 0.29) is 0 Å². The molecule has 2 nitrogen and oxygen atoms in total. The third-order valence-electron chi connectivity index (χ3n) is 4.37. The third-order valence-corrected chi connectivity index (χ3v) is 4.37. The maximum absolute atomic E-state index is 3.69. The molecule has 2 aromatic carbocycles. The van der Waals surface area contributed by atoms with Crippen LogP contribution in [0.5, 0.6) is 0 Å². The first-order valence-corrected chi connectivity index (χ1v) is 7.81. The minimum absolute atomic E-state index is 0.480. The minimum Gasteiger partial charge on any atom is -0.378 e. The lowest BCUT2D eigenvalue weighted by Crippen LogP contribution is -2.30. The predicted molar refractivity (Wildman–Crippen MR) is 90.0 cm³/mol. The number of hydrogen-bond donors (Lipinski definition) is 1. The molecule has 0 spiro atoms. The summed E-state index contributed by atoms with van der Waals surface area (Å²) in [6.45, 7) is 1.09. The number of benzene rings is 2. The number of nitrogens with zero attached hydrogens (tertiary/aromatic N) is 1. The molecule has 2 heteroatoms. The van der Waals surface area contributed by atoms with E-state index in [0.717, 1.165) is 25.8 Å². The van der Waals surface area contributed by atoms with Crippen LogP contribution in [0.2, 0.25) is 0 Å². The number of nitrogens with one attached hydrogen (secondary N) is 1. The number of aryl methyl sites for hydroxylation is 1. The number of hydrogen-bond acceptors (Lipinski definition) is 2. The monoisotopic (exact) mass is 280 g/mol. The van der Waals surface area contributed by atoms with Crippen LogP contribution in [0.4, 0.5) is 5.69 Å². The molecule has 2 aromatic rings. The number of fused-ring (bicyclic) bond motifs is 1. The summed E-state index contributed by atoms with van der Waals surface area (Å²) in [7, 11) is 4.22. The molecule has 0 bridgehead atoms. The number of rotatable bonds is 4. The zero-order chi connectivity index (χ0) is 14.7. The lowest BCUT2D eigenvalue weighted by molar-refractivity contribution is 0.476. The van der Waals surface area contributed by atoms with Crippen molar-refractivity contribution < 1.29 is 0 Å². The van der Waals surface area contributed by atoms with E-state index in [0.29, 0.717) is 6.04 Å². The average Bonchev–Trinajstić information content (AvgIpc) is 2.53. The van der Waals surface area contributed by atoms with Gasteiger partial charge in [-0.3, -0.25) is 0 Å². The van der Waals surface area contributed by atoms with Crippen molar-refractivity contribution in [2.45, 2.75) is 25.3 Å². The van der Waals surface area contributed by atoms with Crippen LogP contribution >= 0.6 is 0 Å². The molecular weight excluding hydrogens is 256 g/mol. The Labute approximate surface area is 127 Å². The standard InChI is InChI=1S/C19H24N2/c1-21(2)17-10-9-16-12-13-20-19(18(16)14-17)11-8-15-6-4-3-5-7-15/h3-7,9-10,14,19-20H,8,11-13H2,1-2H3. The van der Waals surface area contributed by atoms with Crippen molar-refractivity contribution in [2.75, 3.05) is 25.5 Å². The van der Waals surface area contributed by atoms with E-state index in [1.54, 1.807) is 0 Å². The maximum Gasteiger partial charge on any atom is 0.0364 e. The van der Waals surface area contributed by atoms with Crippen molar-refractivity contribution in [1.29, 1.82) is 0 Å². The summed E-state index contributed by atoms with van der Waals surface area (Å²) in [5.41, 5.74) is 5.72. The van der Waals surface area contributed by atoms with Gasteiger partial charge in [0.05, 0.1) is 0 Å². The van der Waals surface area contributed by atoms with Crippen molar-refractivity contribution in [3.8, 4) is 0 Å². The summed E-state index contributed by atoms with van der Waals surface area (Å²) >= 11 is 0. The highest BCUT2D eigenvalue weighted by atomic mass is 15.1. The Morgan fingerprint density at radius 2 is 1.90 bits per heavy atom. The summed E-state index contributed by atoms with van der Waals surface area (Å²) in [4.78, 5) is 2.18. The van der Waals surface area contributed by atoms with E-state index < -0.39 is 0 Å². The van der Waals surface area contributed by atoms with Gasteiger partial charge in [-0.25, -0.2) is 0 Å². The Bertz CT molecular complexity index is 590. The van der Waals surface area contributed by atoms with Crippen molar-refractivity contribution in [2.24, 2.45) is 0 Å². The van der Waals surface area contributed by atoms with Crippen molar-refractivity contribution in [1.82, 2.24) is 5.32 Å². The third kappa shape index (κ3) is 3.27. The summed E-state index contributed by atoms with van der Waals surface area (Å²) < 4.78 is 0. The average molecular weight is 280 g/mol. The Kier molecular flexibility index (Phi) is 4.26. The fraction of sp³-hybridized carbons (Fsp3) is 0.368. The largest absolute Gasteiger partial charge is 0.378 e. The molecule has 3 rings (SSSR count). The van der Waals surface area contributed by atoms with Gasteiger partial charge in [0.1, 0.15) is 0 Å². The second kappa shape index (κ2) is 6.31. The lowest BCUT2D eigenvalue weighted by atomic mass is 9.90. The first kappa shape index (κ1) is 14.2. The van der Waals surface area contributed by atoms with E-state index in [9.17, 15) is 0 Å². The second-order valence-corrected chi connectivity index (χ2v) is 6.06. The molecule has 21 heavy (non-hydrogen) atoms. The zero-order valence-corrected chi connectivity index (χ0v) is 13.0. The van der Waals surface area contributed by atoms with Gasteiger partial charge in [-0.05, 0) is 54.6 Å². The van der Waals surface area contributed by atoms with Crippen molar-refractivity contribution in [3.05, 3.63) is 65.2 Å². The van der Waals surface area contributed by atoms with E-state index in [1.807, 2.05) is 0 Å². The fourth-order valence-electron chi connectivity index (χ4n) is 3.12. The van der Waals surface area contributed by atoms with Crippen LogP contribution < -0.4 is 10.2 Å². The van der Waals surface area contributed by atoms with Crippen LogP contribution in [0.25, 0.3) is 0 Å². The first-order valence-electron chi connectivity index (χ1n) is 7.81. The van der Waals surface area contributed by atoms with Crippen molar-refractivity contribution in [3.63, 3.8) is 0 Å². The van der Waals surface area contributed by atoms with Gasteiger partial charge in [-0.1, -0.05) is 36.4 Å². The van der Waals surface area contributed by atoms with E-state index >= 15 is 0 Å². The highest BCUT2D eigenvalue weighted by molar-refractivity contribution is 5.51. The molecule has 1 N–H and O–H groups in total. The topological polar surface area (TPSA) is 15.3 Å². The van der Waals surface area contributed by atoms with Crippen LogP contribution in [0.1, 0.15) is 29.2 Å². The molecule has 0 saturated heterocycles. The quantitative estimate of drug-likeness (QED) is 0.921. The molecule has 0 saturated carbocycles. The molecule has 1 aliphatic rings. The molecular formula is C19H24N2. The highest BCUT2D eigenvalue weighted by Gasteiger charge is 2.20. The molecule has 0 aromatic heterocycles. The molecule has 0 aliphatic carbocycles. The molecule has 110 valence electrons. The van der Waals surface area contributed by atoms with Gasteiger partial charge < -0.3 is 10.2 Å². The summed E-state index contributed by atoms with van der Waals surface area (Å²) in [5, 5.41) is 3.69. The second-order valence-electron chi connectivity index (χ2n) is 6.06. The minimum atomic E-state index is 0.480. The van der Waals surface area contributed by atoms with E-state index in [2.05, 4.69) is 72.8 Å². The van der Waals surface area contributed by atoms with Gasteiger partial charge in [0.25, 0.3) is 0 Å². The van der Waals surface area contributed by atoms with Gasteiger partial charge in [0.15, 0.2) is 0 Å². The van der Waals surface area contributed by atoms with Gasteiger partial charge in [0.2, 0.25) is 0 Å². The van der Waals surface area contributed by atoms with Crippen LogP contribution in [0, 0.1) is 0 Å². The molecule has 1 atom stereocenters. The normalized spacial score (nSPS) is 17.3. The van der Waals surface area contributed by atoms with Crippen LogP contribution in [-0.2, 0) is 12.8 Å². The molecule has 0 amide bonds. The predicted octanol–water partition coefficient (Wildman–Crippen LogP) is 3.57. The zero-order valence-electron chi connectivity index (χ0n) is 13.0. The molecule has 1 unspecified atom stereocenters. The van der Waals surface area contributed by atoms with Gasteiger partial charge in [0, 0.05) is 25.8 Å². The van der Waals surface area contributed by atoms with Gasteiger partial charge >= 0.3 is 0 Å². The first-order chi connectivity index (χ1) is 10.2. The van der Waals surface area contributed by atoms with E-state index in [4.69, 9.17) is 0 Å². The molecule has 0 fully saturated rings. The Morgan fingerprint density at radius 1 is 1.10 bits per heavy atom. The Balaban J connectivity index is 1.77. The van der Waals surface area contributed by atoms with Crippen LogP contribution in [0.15, 0.2) is 48.5 Å². The van der Waals surface area contributed by atoms with Gasteiger partial charge in [-0.15, -0.1) is 0 Å². The number of anilines is 1. The van der Waals surface area contributed by atoms with Crippen molar-refractivity contribution >= 4 is 5.69 Å². The maximum atomic E-state index is 3.69. The van der Waals surface area contributed by atoms with E-state index in [1.165, 1.54) is 22.4 Å². The SMILES string of the molecule is CN(C)c1ccc2c(c1)C(CCc1ccccc1)NCC2. The smallest absolute Gasteiger partial charge is 0.0364 e. The molecule has 1 aliphatic heterocycles. The summed E-state index contributed by atoms with van der Waals surface area (Å²) in [6, 6.07) is 18.2. The Hall–Kier alpha value is -1.80. The van der Waals surface area contributed by atoms with Crippen LogP contribution in [-0.4, -0.2) is 20.6 Å².